The molecule has 1 aliphatic rings. The average Bonchev–Trinajstić information content (AvgIpc) is 3.30. The molecule has 0 bridgehead atoms. The largest absolute Gasteiger partial charge is 0.348 e. The Bertz CT molecular complexity index is 832. The Morgan fingerprint density at radius 1 is 1.20 bits per heavy atom. The topological polar surface area (TPSA) is 62.6 Å². The first-order valence-electron chi connectivity index (χ1n) is 9.01. The van der Waals surface area contributed by atoms with Crippen LogP contribution in [0.1, 0.15) is 48.4 Å². The van der Waals surface area contributed by atoms with Crippen LogP contribution >= 0.6 is 0 Å². The summed E-state index contributed by atoms with van der Waals surface area (Å²) in [6.07, 6.45) is 9.69. The molecule has 4 rings (SSSR count). The Kier molecular flexibility index (Phi) is 4.36. The molecule has 6 nitrogen and oxygen atoms in total. The summed E-state index contributed by atoms with van der Waals surface area (Å²) < 4.78 is 2.20. The van der Waals surface area contributed by atoms with Crippen LogP contribution in [0.15, 0.2) is 37.1 Å². The number of nitrogens with zero attached hydrogens (tertiary/aromatic N) is 5. The van der Waals surface area contributed by atoms with Gasteiger partial charge in [-0.15, -0.1) is 0 Å². The van der Waals surface area contributed by atoms with Crippen molar-refractivity contribution in [3.63, 3.8) is 0 Å². The van der Waals surface area contributed by atoms with Crippen molar-refractivity contribution in [1.82, 2.24) is 29.4 Å². The molecular formula is C19H24N6. The zero-order valence-corrected chi connectivity index (χ0v) is 14.8. The van der Waals surface area contributed by atoms with E-state index in [2.05, 4.69) is 50.4 Å². The van der Waals surface area contributed by atoms with Gasteiger partial charge in [-0.05, 0) is 25.0 Å². The second-order valence-electron chi connectivity index (χ2n) is 6.46. The fraction of sp³-hybridized carbons (Fsp3) is 0.421. The minimum atomic E-state index is 0.0721. The molecule has 6 heteroatoms. The minimum Gasteiger partial charge on any atom is -0.348 e. The van der Waals surface area contributed by atoms with E-state index in [1.165, 1.54) is 11.3 Å². The first-order chi connectivity index (χ1) is 12.3. The highest BCUT2D eigenvalue weighted by Crippen LogP contribution is 2.33. The molecule has 1 N–H and O–H groups in total. The number of rotatable bonds is 5. The second kappa shape index (κ2) is 6.80. The number of aromatic amines is 1. The molecule has 0 spiro atoms. The third-order valence-corrected chi connectivity index (χ3v) is 5.05. The summed E-state index contributed by atoms with van der Waals surface area (Å²) in [4.78, 5) is 19.7. The molecule has 130 valence electrons. The Hall–Kier alpha value is -2.47. The maximum absolute atomic E-state index is 4.75. The van der Waals surface area contributed by atoms with Crippen LogP contribution in [0.4, 0.5) is 0 Å². The highest BCUT2D eigenvalue weighted by Gasteiger charge is 2.32. The molecule has 0 saturated heterocycles. The molecule has 3 aromatic rings. The van der Waals surface area contributed by atoms with E-state index in [0.29, 0.717) is 0 Å². The summed E-state index contributed by atoms with van der Waals surface area (Å²) in [5.74, 6) is 1.09. The van der Waals surface area contributed by atoms with Gasteiger partial charge in [-0.1, -0.05) is 13.0 Å². The van der Waals surface area contributed by atoms with E-state index in [0.717, 1.165) is 49.7 Å². The van der Waals surface area contributed by atoms with Gasteiger partial charge in [0.1, 0.15) is 5.82 Å². The monoisotopic (exact) mass is 336 g/mol. The van der Waals surface area contributed by atoms with Crippen molar-refractivity contribution in [2.45, 2.75) is 45.8 Å². The molecule has 0 unspecified atom stereocenters. The van der Waals surface area contributed by atoms with Crippen LogP contribution in [0.2, 0.25) is 0 Å². The Labute approximate surface area is 148 Å². The second-order valence-corrected chi connectivity index (χ2v) is 6.46. The number of pyridine rings is 1. The zero-order chi connectivity index (χ0) is 17.2. The summed E-state index contributed by atoms with van der Waals surface area (Å²) in [6, 6.07) is 4.39. The van der Waals surface area contributed by atoms with Crippen molar-refractivity contribution in [3.05, 3.63) is 65.5 Å². The van der Waals surface area contributed by atoms with Gasteiger partial charge in [-0.25, -0.2) is 9.97 Å². The normalized spacial score (nSPS) is 17.6. The van der Waals surface area contributed by atoms with Crippen LogP contribution in [0.5, 0.6) is 0 Å². The first-order valence-corrected chi connectivity index (χ1v) is 9.01. The number of H-pyrrole nitrogens is 1. The van der Waals surface area contributed by atoms with Crippen LogP contribution in [-0.2, 0) is 25.9 Å². The van der Waals surface area contributed by atoms with Gasteiger partial charge in [-0.3, -0.25) is 9.88 Å². The molecule has 0 aromatic carbocycles. The van der Waals surface area contributed by atoms with E-state index in [9.17, 15) is 0 Å². The number of hydrogen-bond donors (Lipinski definition) is 1. The molecule has 0 aliphatic carbocycles. The number of aromatic nitrogens is 5. The third kappa shape index (κ3) is 2.98. The van der Waals surface area contributed by atoms with Gasteiger partial charge in [0.15, 0.2) is 0 Å². The van der Waals surface area contributed by atoms with E-state index in [4.69, 9.17) is 4.98 Å². The van der Waals surface area contributed by atoms with Gasteiger partial charge >= 0.3 is 0 Å². The standard InChI is InChI=1S/C19H24N6/c1-3-14-5-6-16(21-11-14)19-18-15(22-13-23-18)7-9-25(19)12-17-20-8-10-24(17)4-2/h5-6,8,10-11,13,19H,3-4,7,9,12H2,1-2H3,(H,22,23)/t19-/m0/s1. The van der Waals surface area contributed by atoms with Crippen LogP contribution in [0.25, 0.3) is 0 Å². The fourth-order valence-electron chi connectivity index (χ4n) is 3.59. The number of aryl methyl sites for hydroxylation is 2. The smallest absolute Gasteiger partial charge is 0.122 e. The maximum Gasteiger partial charge on any atom is 0.122 e. The SMILES string of the molecule is CCc1ccc([C@H]2c3nc[nH]c3CCN2Cc2nccn2CC)nc1. The van der Waals surface area contributed by atoms with E-state index >= 15 is 0 Å². The Balaban J connectivity index is 1.69. The quantitative estimate of drug-likeness (QED) is 0.778. The summed E-state index contributed by atoms with van der Waals surface area (Å²) >= 11 is 0. The van der Waals surface area contributed by atoms with Crippen LogP contribution in [0.3, 0.4) is 0 Å². The number of hydrogen-bond acceptors (Lipinski definition) is 4. The van der Waals surface area contributed by atoms with E-state index in [1.54, 1.807) is 6.33 Å². The Morgan fingerprint density at radius 3 is 2.88 bits per heavy atom. The number of fused-ring (bicyclic) bond motifs is 1. The van der Waals surface area contributed by atoms with Crippen LogP contribution in [0, 0.1) is 0 Å². The summed E-state index contributed by atoms with van der Waals surface area (Å²) in [7, 11) is 0. The lowest BCUT2D eigenvalue weighted by atomic mass is 9.98. The summed E-state index contributed by atoms with van der Waals surface area (Å²) in [6.45, 7) is 7.00. The van der Waals surface area contributed by atoms with Gasteiger partial charge in [0.2, 0.25) is 0 Å². The molecule has 25 heavy (non-hydrogen) atoms. The number of imidazole rings is 2. The van der Waals surface area contributed by atoms with Crippen molar-refractivity contribution < 1.29 is 0 Å². The molecule has 1 aliphatic heterocycles. The van der Waals surface area contributed by atoms with Gasteiger partial charge in [0, 0.05) is 43.8 Å². The average molecular weight is 336 g/mol. The van der Waals surface area contributed by atoms with Gasteiger partial charge in [-0.2, -0.15) is 0 Å². The predicted octanol–water partition coefficient (Wildman–Crippen LogP) is 2.73. The molecule has 0 radical (unpaired) electrons. The molecule has 1 atom stereocenters. The molecule has 4 heterocycles. The first kappa shape index (κ1) is 16.0. The highest BCUT2D eigenvalue weighted by atomic mass is 15.2. The Morgan fingerprint density at radius 2 is 2.12 bits per heavy atom. The van der Waals surface area contributed by atoms with Crippen molar-refractivity contribution >= 4 is 0 Å². The van der Waals surface area contributed by atoms with Crippen molar-refractivity contribution in [1.29, 1.82) is 0 Å². The zero-order valence-electron chi connectivity index (χ0n) is 14.8. The van der Waals surface area contributed by atoms with Gasteiger partial charge in [0.05, 0.1) is 30.3 Å². The van der Waals surface area contributed by atoms with Gasteiger partial charge < -0.3 is 9.55 Å². The molecular weight excluding hydrogens is 312 g/mol. The highest BCUT2D eigenvalue weighted by molar-refractivity contribution is 5.30. The lowest BCUT2D eigenvalue weighted by Gasteiger charge is -2.34. The van der Waals surface area contributed by atoms with Gasteiger partial charge in [0.25, 0.3) is 0 Å². The third-order valence-electron chi connectivity index (χ3n) is 5.05. The summed E-state index contributed by atoms with van der Waals surface area (Å²) in [5.41, 5.74) is 4.63. The lowest BCUT2D eigenvalue weighted by molar-refractivity contribution is 0.189. The molecule has 3 aromatic heterocycles. The maximum atomic E-state index is 4.75. The van der Waals surface area contributed by atoms with E-state index < -0.39 is 0 Å². The van der Waals surface area contributed by atoms with Crippen molar-refractivity contribution in [2.24, 2.45) is 0 Å². The van der Waals surface area contributed by atoms with Crippen LogP contribution < -0.4 is 0 Å². The van der Waals surface area contributed by atoms with Crippen LogP contribution in [-0.4, -0.2) is 35.9 Å². The van der Waals surface area contributed by atoms with E-state index in [1.807, 2.05) is 18.6 Å². The predicted molar refractivity (Wildman–Crippen MR) is 96.1 cm³/mol. The van der Waals surface area contributed by atoms with Crippen molar-refractivity contribution in [2.75, 3.05) is 6.54 Å². The minimum absolute atomic E-state index is 0.0721. The molecule has 0 amide bonds. The van der Waals surface area contributed by atoms with Crippen molar-refractivity contribution in [3.8, 4) is 0 Å². The lowest BCUT2D eigenvalue weighted by Crippen LogP contribution is -2.37. The number of nitrogens with one attached hydrogen (secondary N) is 1. The fourth-order valence-corrected chi connectivity index (χ4v) is 3.59. The molecule has 0 saturated carbocycles. The molecule has 0 fully saturated rings. The summed E-state index contributed by atoms with van der Waals surface area (Å²) in [5, 5.41) is 0. The van der Waals surface area contributed by atoms with E-state index in [-0.39, 0.29) is 6.04 Å².